The summed E-state index contributed by atoms with van der Waals surface area (Å²) in [6.45, 7) is 3.81. The molecular weight excluding hydrogens is 383 g/mol. The number of piperidine rings is 1. The molecule has 2 unspecified atom stereocenters. The largest absolute Gasteiger partial charge is 0.416 e. The minimum Gasteiger partial charge on any atom is -0.370 e. The number of hydrogen-bond donors (Lipinski definition) is 1. The summed E-state index contributed by atoms with van der Waals surface area (Å²) in [4.78, 5) is 2.33. The second-order valence-corrected chi connectivity index (χ2v) is 7.97. The predicted octanol–water partition coefficient (Wildman–Crippen LogP) is 2.84. The number of nitrogens with zero attached hydrogens (tertiary/aromatic N) is 4. The molecule has 29 heavy (non-hydrogen) atoms. The molecule has 1 N–H and O–H groups in total. The molecular formula is C20H26F3N5O. The third kappa shape index (κ3) is 4.79. The van der Waals surface area contributed by atoms with Crippen LogP contribution >= 0.6 is 0 Å². The number of aromatic nitrogens is 3. The van der Waals surface area contributed by atoms with Crippen LogP contribution in [0.4, 0.5) is 13.2 Å². The first-order valence-corrected chi connectivity index (χ1v) is 9.99. The van der Waals surface area contributed by atoms with Gasteiger partial charge in [-0.3, -0.25) is 0 Å². The van der Waals surface area contributed by atoms with Crippen molar-refractivity contribution in [1.29, 1.82) is 0 Å². The van der Waals surface area contributed by atoms with Crippen molar-refractivity contribution in [2.24, 2.45) is 0 Å². The summed E-state index contributed by atoms with van der Waals surface area (Å²) in [5.74, 6) is 0.445. The molecule has 9 heteroatoms. The van der Waals surface area contributed by atoms with E-state index in [1.165, 1.54) is 12.1 Å². The maximum Gasteiger partial charge on any atom is 0.416 e. The summed E-state index contributed by atoms with van der Waals surface area (Å²) < 4.78 is 46.0. The zero-order chi connectivity index (χ0) is 20.4. The molecule has 2 saturated heterocycles. The monoisotopic (exact) mass is 409 g/mol. The quantitative estimate of drug-likeness (QED) is 0.823. The van der Waals surface area contributed by atoms with Crippen molar-refractivity contribution in [2.45, 2.75) is 43.7 Å². The molecule has 0 saturated carbocycles. The highest BCUT2D eigenvalue weighted by Gasteiger charge is 2.32. The number of rotatable bonds is 5. The highest BCUT2D eigenvalue weighted by Crippen LogP contribution is 2.30. The lowest BCUT2D eigenvalue weighted by atomic mass is 9.94. The molecule has 3 heterocycles. The average Bonchev–Trinajstić information content (AvgIpc) is 3.36. The van der Waals surface area contributed by atoms with Gasteiger partial charge in [0.25, 0.3) is 0 Å². The molecule has 2 fully saturated rings. The third-order valence-electron chi connectivity index (χ3n) is 5.88. The van der Waals surface area contributed by atoms with Gasteiger partial charge in [-0.1, -0.05) is 17.3 Å². The van der Waals surface area contributed by atoms with Crippen LogP contribution in [0.25, 0.3) is 0 Å². The van der Waals surface area contributed by atoms with Crippen molar-refractivity contribution in [2.75, 3.05) is 33.2 Å². The first kappa shape index (κ1) is 20.3. The van der Waals surface area contributed by atoms with E-state index in [1.54, 1.807) is 0 Å². The fraction of sp³-hybridized carbons (Fsp3) is 0.600. The molecule has 0 radical (unpaired) electrons. The van der Waals surface area contributed by atoms with Crippen molar-refractivity contribution in [3.05, 3.63) is 47.3 Å². The standard InChI is InChI=1S/C20H26F3N5O/c1-27-8-6-15(7-9-27)17-12-28(26-25-17)18-10-24-11-19(18)29-13-14-2-4-16(5-3-14)20(21,22)23/h2-5,12,15,18-19,24H,6-11,13H2,1H3. The number of nitrogens with one attached hydrogen (secondary N) is 1. The van der Waals surface area contributed by atoms with E-state index in [9.17, 15) is 13.2 Å². The predicted molar refractivity (Wildman–Crippen MR) is 101 cm³/mol. The number of halogens is 3. The Morgan fingerprint density at radius 2 is 1.86 bits per heavy atom. The van der Waals surface area contributed by atoms with Crippen molar-refractivity contribution in [3.63, 3.8) is 0 Å². The van der Waals surface area contributed by atoms with E-state index in [-0.39, 0.29) is 18.8 Å². The molecule has 6 nitrogen and oxygen atoms in total. The lowest BCUT2D eigenvalue weighted by Gasteiger charge is -2.27. The molecule has 2 aromatic rings. The van der Waals surface area contributed by atoms with Crippen LogP contribution in [-0.4, -0.2) is 59.2 Å². The first-order chi connectivity index (χ1) is 13.9. The van der Waals surface area contributed by atoms with Crippen LogP contribution in [0.2, 0.25) is 0 Å². The van der Waals surface area contributed by atoms with Gasteiger partial charge < -0.3 is 15.0 Å². The Labute approximate surface area is 168 Å². The van der Waals surface area contributed by atoms with Crippen LogP contribution in [0.15, 0.2) is 30.5 Å². The molecule has 2 aliphatic heterocycles. The second kappa shape index (κ2) is 8.41. The number of ether oxygens (including phenoxy) is 1. The molecule has 0 spiro atoms. The minimum absolute atomic E-state index is 0.0250. The van der Waals surface area contributed by atoms with Gasteiger partial charge in [-0.05, 0) is 50.7 Å². The molecule has 0 bridgehead atoms. The molecule has 1 aromatic carbocycles. The fourth-order valence-corrected chi connectivity index (χ4v) is 4.01. The topological polar surface area (TPSA) is 55.2 Å². The van der Waals surface area contributed by atoms with Gasteiger partial charge in [0.15, 0.2) is 0 Å². The van der Waals surface area contributed by atoms with Crippen molar-refractivity contribution < 1.29 is 17.9 Å². The number of hydrogen-bond acceptors (Lipinski definition) is 5. The maximum atomic E-state index is 12.7. The molecule has 0 aliphatic carbocycles. The van der Waals surface area contributed by atoms with E-state index in [4.69, 9.17) is 4.74 Å². The van der Waals surface area contributed by atoms with E-state index in [1.807, 2.05) is 10.9 Å². The lowest BCUT2D eigenvalue weighted by molar-refractivity contribution is -0.137. The number of alkyl halides is 3. The van der Waals surface area contributed by atoms with E-state index in [0.717, 1.165) is 50.3 Å². The van der Waals surface area contributed by atoms with Crippen LogP contribution in [0.1, 0.15) is 41.6 Å². The Hall–Kier alpha value is -1.97. The van der Waals surface area contributed by atoms with E-state index < -0.39 is 11.7 Å². The van der Waals surface area contributed by atoms with Gasteiger partial charge in [0.05, 0.1) is 30.0 Å². The van der Waals surface area contributed by atoms with Gasteiger partial charge in [-0.15, -0.1) is 5.10 Å². The van der Waals surface area contributed by atoms with Crippen molar-refractivity contribution >= 4 is 0 Å². The zero-order valence-electron chi connectivity index (χ0n) is 16.4. The Balaban J connectivity index is 1.36. The Bertz CT molecular complexity index is 799. The van der Waals surface area contributed by atoms with Crippen LogP contribution in [-0.2, 0) is 17.5 Å². The SMILES string of the molecule is CN1CCC(c2cn(C3CNCC3OCc3ccc(C(F)(F)F)cc3)nn2)CC1. The van der Waals surface area contributed by atoms with Gasteiger partial charge in [0.2, 0.25) is 0 Å². The van der Waals surface area contributed by atoms with Crippen LogP contribution < -0.4 is 5.32 Å². The molecule has 158 valence electrons. The Kier molecular flexibility index (Phi) is 5.89. The molecule has 1 aromatic heterocycles. The number of likely N-dealkylation sites (tertiary alicyclic amines) is 1. The first-order valence-electron chi connectivity index (χ1n) is 9.99. The summed E-state index contributed by atoms with van der Waals surface area (Å²) in [5, 5.41) is 12.1. The zero-order valence-corrected chi connectivity index (χ0v) is 16.4. The van der Waals surface area contributed by atoms with Crippen LogP contribution in [0, 0.1) is 0 Å². The van der Waals surface area contributed by atoms with Crippen molar-refractivity contribution in [1.82, 2.24) is 25.2 Å². The smallest absolute Gasteiger partial charge is 0.370 e. The minimum atomic E-state index is -4.32. The van der Waals surface area contributed by atoms with Gasteiger partial charge >= 0.3 is 6.18 Å². The summed E-state index contributed by atoms with van der Waals surface area (Å²) in [6, 6.07) is 5.14. The van der Waals surface area contributed by atoms with E-state index in [0.29, 0.717) is 18.0 Å². The summed E-state index contributed by atoms with van der Waals surface area (Å²) in [5.41, 5.74) is 1.10. The Morgan fingerprint density at radius 1 is 1.14 bits per heavy atom. The van der Waals surface area contributed by atoms with Gasteiger partial charge in [0.1, 0.15) is 0 Å². The average molecular weight is 409 g/mol. The lowest BCUT2D eigenvalue weighted by Crippen LogP contribution is -2.29. The Morgan fingerprint density at radius 3 is 2.55 bits per heavy atom. The molecule has 2 atom stereocenters. The van der Waals surface area contributed by atoms with Gasteiger partial charge in [-0.25, -0.2) is 4.68 Å². The molecule has 0 amide bonds. The van der Waals surface area contributed by atoms with Crippen LogP contribution in [0.5, 0.6) is 0 Å². The van der Waals surface area contributed by atoms with Gasteiger partial charge in [-0.2, -0.15) is 13.2 Å². The van der Waals surface area contributed by atoms with Crippen LogP contribution in [0.3, 0.4) is 0 Å². The maximum absolute atomic E-state index is 12.7. The van der Waals surface area contributed by atoms with E-state index in [2.05, 4.69) is 27.6 Å². The second-order valence-electron chi connectivity index (χ2n) is 7.97. The highest BCUT2D eigenvalue weighted by atomic mass is 19.4. The summed E-state index contributed by atoms with van der Waals surface area (Å²) in [6.07, 6.45) is -0.220. The molecule has 4 rings (SSSR count). The summed E-state index contributed by atoms with van der Waals surface area (Å²) >= 11 is 0. The van der Waals surface area contributed by atoms with E-state index >= 15 is 0 Å². The normalized spacial score (nSPS) is 24.3. The molecule has 2 aliphatic rings. The van der Waals surface area contributed by atoms with Crippen molar-refractivity contribution in [3.8, 4) is 0 Å². The highest BCUT2D eigenvalue weighted by molar-refractivity contribution is 5.24. The fourth-order valence-electron chi connectivity index (χ4n) is 4.01. The third-order valence-corrected chi connectivity index (χ3v) is 5.88. The number of benzene rings is 1. The summed E-state index contributed by atoms with van der Waals surface area (Å²) in [7, 11) is 2.13. The van der Waals surface area contributed by atoms with Gasteiger partial charge in [0, 0.05) is 25.2 Å².